The Hall–Kier alpha value is -2.92. The summed E-state index contributed by atoms with van der Waals surface area (Å²) >= 11 is 0. The van der Waals surface area contributed by atoms with Crippen molar-refractivity contribution in [1.29, 1.82) is 0 Å². The third kappa shape index (κ3) is 3.83. The van der Waals surface area contributed by atoms with Crippen LogP contribution >= 0.6 is 0 Å². The lowest BCUT2D eigenvalue weighted by atomic mass is 10.1. The van der Waals surface area contributed by atoms with E-state index in [1.54, 1.807) is 12.5 Å². The zero-order chi connectivity index (χ0) is 20.6. The second-order valence-corrected chi connectivity index (χ2v) is 9.23. The van der Waals surface area contributed by atoms with Crippen molar-refractivity contribution in [2.45, 2.75) is 12.5 Å². The van der Waals surface area contributed by atoms with Gasteiger partial charge in [0.1, 0.15) is 17.1 Å². The third-order valence-corrected chi connectivity index (χ3v) is 7.19. The highest BCUT2D eigenvalue weighted by Gasteiger charge is 2.46. The average molecular weight is 419 g/mol. The van der Waals surface area contributed by atoms with E-state index in [1.165, 1.54) is 11.2 Å². The predicted octanol–water partition coefficient (Wildman–Crippen LogP) is 0.391. The molecule has 0 saturated carbocycles. The van der Waals surface area contributed by atoms with Gasteiger partial charge >= 0.3 is 6.03 Å². The monoisotopic (exact) mass is 419 g/mol. The van der Waals surface area contributed by atoms with Gasteiger partial charge in [-0.1, -0.05) is 0 Å². The number of hydrogen-bond acceptors (Lipinski definition) is 7. The van der Waals surface area contributed by atoms with Crippen LogP contribution in [-0.4, -0.2) is 67.1 Å². The molecule has 2 aliphatic rings. The molecule has 0 radical (unpaired) electrons. The first-order valence-corrected chi connectivity index (χ1v) is 10.7. The number of piperazine rings is 1. The molecular formula is C18H21N5O5S. The highest BCUT2D eigenvalue weighted by molar-refractivity contribution is 7.89. The van der Waals surface area contributed by atoms with Crippen LogP contribution in [0.2, 0.25) is 0 Å². The number of rotatable bonds is 5. The highest BCUT2D eigenvalue weighted by Crippen LogP contribution is 2.23. The molecule has 1 unspecified atom stereocenters. The number of aromatic nitrogens is 1. The molecule has 0 aromatic carbocycles. The Kier molecular flexibility index (Phi) is 4.79. The number of carbonyl (C=O) groups is 2. The molecule has 2 aliphatic heterocycles. The van der Waals surface area contributed by atoms with Crippen molar-refractivity contribution in [1.82, 2.24) is 19.9 Å². The summed E-state index contributed by atoms with van der Waals surface area (Å²) < 4.78 is 32.2. The number of hydrogen-bond donors (Lipinski definition) is 2. The Morgan fingerprint density at radius 1 is 1.17 bits per heavy atom. The Balaban J connectivity index is 1.39. The number of imide groups is 1. The van der Waals surface area contributed by atoms with Crippen molar-refractivity contribution in [2.75, 3.05) is 36.8 Å². The van der Waals surface area contributed by atoms with Crippen LogP contribution in [0.1, 0.15) is 6.92 Å². The molecule has 2 saturated heterocycles. The zero-order valence-electron chi connectivity index (χ0n) is 15.8. The van der Waals surface area contributed by atoms with Gasteiger partial charge in [0, 0.05) is 37.9 Å². The number of pyridine rings is 1. The van der Waals surface area contributed by atoms with Gasteiger partial charge in [-0.3, -0.25) is 10.1 Å². The van der Waals surface area contributed by atoms with Crippen molar-refractivity contribution in [2.24, 2.45) is 0 Å². The molecule has 0 bridgehead atoms. The van der Waals surface area contributed by atoms with Crippen LogP contribution < -0.4 is 15.5 Å². The molecule has 2 N–H and O–H groups in total. The molecule has 3 amide bonds. The minimum atomic E-state index is -3.73. The van der Waals surface area contributed by atoms with Crippen LogP contribution in [0.15, 0.2) is 41.1 Å². The largest absolute Gasteiger partial charge is 0.464 e. The van der Waals surface area contributed by atoms with E-state index in [0.29, 0.717) is 13.1 Å². The van der Waals surface area contributed by atoms with E-state index in [2.05, 4.69) is 15.6 Å². The molecule has 2 fully saturated rings. The smallest absolute Gasteiger partial charge is 0.322 e. The molecule has 4 heterocycles. The van der Waals surface area contributed by atoms with E-state index in [4.69, 9.17) is 4.42 Å². The van der Waals surface area contributed by atoms with Crippen LogP contribution in [0, 0.1) is 0 Å². The summed E-state index contributed by atoms with van der Waals surface area (Å²) in [4.78, 5) is 29.7. The van der Waals surface area contributed by atoms with E-state index in [9.17, 15) is 18.0 Å². The van der Waals surface area contributed by atoms with Gasteiger partial charge in [-0.15, -0.1) is 0 Å². The zero-order valence-corrected chi connectivity index (χ0v) is 16.6. The molecule has 4 rings (SSSR count). The van der Waals surface area contributed by atoms with Gasteiger partial charge in [-0.25, -0.2) is 18.2 Å². The summed E-state index contributed by atoms with van der Waals surface area (Å²) in [6.07, 6.45) is 3.32. The van der Waals surface area contributed by atoms with E-state index < -0.39 is 33.3 Å². The summed E-state index contributed by atoms with van der Waals surface area (Å²) in [6.45, 7) is 2.90. The molecule has 2 aromatic rings. The second kappa shape index (κ2) is 7.16. The van der Waals surface area contributed by atoms with E-state index >= 15 is 0 Å². The van der Waals surface area contributed by atoms with Crippen molar-refractivity contribution in [3.8, 4) is 11.3 Å². The first-order chi connectivity index (χ1) is 13.8. The number of anilines is 1. The Morgan fingerprint density at radius 2 is 1.93 bits per heavy atom. The first-order valence-electron chi connectivity index (χ1n) is 9.13. The second-order valence-electron chi connectivity index (χ2n) is 7.27. The van der Waals surface area contributed by atoms with E-state index in [0.717, 1.165) is 17.1 Å². The van der Waals surface area contributed by atoms with Crippen molar-refractivity contribution in [3.63, 3.8) is 0 Å². The Bertz CT molecular complexity index is 1010. The molecule has 0 aliphatic carbocycles. The number of amides is 3. The van der Waals surface area contributed by atoms with Crippen LogP contribution in [0.5, 0.6) is 0 Å². The molecule has 1 atom stereocenters. The van der Waals surface area contributed by atoms with Crippen LogP contribution in [0.3, 0.4) is 0 Å². The Labute approximate surface area is 167 Å². The van der Waals surface area contributed by atoms with Crippen LogP contribution in [-0.2, 0) is 14.8 Å². The molecule has 29 heavy (non-hydrogen) atoms. The van der Waals surface area contributed by atoms with E-state index in [-0.39, 0.29) is 13.1 Å². The minimum Gasteiger partial charge on any atom is -0.464 e. The van der Waals surface area contributed by atoms with Gasteiger partial charge < -0.3 is 14.6 Å². The fraction of sp³-hybridized carbons (Fsp3) is 0.389. The topological polar surface area (TPSA) is 125 Å². The SMILES string of the molecule is CC1(CS(=O)(=O)N2CCN(c3ccc(-c4ccco4)cn3)CC2)NC(=O)NC1=O. The maximum Gasteiger partial charge on any atom is 0.322 e. The van der Waals surface area contributed by atoms with Crippen LogP contribution in [0.25, 0.3) is 11.3 Å². The summed E-state index contributed by atoms with van der Waals surface area (Å²) in [7, 11) is -3.73. The quantitative estimate of drug-likeness (QED) is 0.672. The number of urea groups is 1. The lowest BCUT2D eigenvalue weighted by Gasteiger charge is -2.35. The summed E-state index contributed by atoms with van der Waals surface area (Å²) in [5, 5.41) is 4.47. The highest BCUT2D eigenvalue weighted by atomic mass is 32.2. The lowest BCUT2D eigenvalue weighted by molar-refractivity contribution is -0.122. The number of carbonyl (C=O) groups excluding carboxylic acids is 2. The number of furan rings is 1. The van der Waals surface area contributed by atoms with Gasteiger partial charge in [0.15, 0.2) is 0 Å². The van der Waals surface area contributed by atoms with Gasteiger partial charge in [-0.05, 0) is 31.2 Å². The van der Waals surface area contributed by atoms with E-state index in [1.807, 2.05) is 29.2 Å². The molecule has 10 nitrogen and oxygen atoms in total. The standard InChI is InChI=1S/C18H21N5O5S/c1-18(16(24)20-17(25)21-18)12-29(26,27)23-8-6-22(7-9-23)15-5-4-13(11-19-15)14-3-2-10-28-14/h2-5,10-11H,6-9,12H2,1H3,(H2,20,21,24,25). The van der Waals surface area contributed by atoms with Crippen molar-refractivity contribution in [3.05, 3.63) is 36.7 Å². The molecule has 2 aromatic heterocycles. The fourth-order valence-electron chi connectivity index (χ4n) is 3.49. The first kappa shape index (κ1) is 19.4. The Morgan fingerprint density at radius 3 is 2.48 bits per heavy atom. The molecule has 0 spiro atoms. The maximum atomic E-state index is 12.8. The summed E-state index contributed by atoms with van der Waals surface area (Å²) in [6, 6.07) is 6.77. The van der Waals surface area contributed by atoms with Crippen molar-refractivity contribution < 1.29 is 22.4 Å². The molecule has 154 valence electrons. The lowest BCUT2D eigenvalue weighted by Crippen LogP contribution is -2.55. The van der Waals surface area contributed by atoms with Gasteiger partial charge in [0.25, 0.3) is 5.91 Å². The normalized spacial score (nSPS) is 23.1. The predicted molar refractivity (Wildman–Crippen MR) is 105 cm³/mol. The van der Waals surface area contributed by atoms with Gasteiger partial charge in [0.2, 0.25) is 10.0 Å². The number of nitrogens with zero attached hydrogens (tertiary/aromatic N) is 3. The fourth-order valence-corrected chi connectivity index (χ4v) is 5.33. The van der Waals surface area contributed by atoms with Crippen LogP contribution in [0.4, 0.5) is 10.6 Å². The molecule has 11 heteroatoms. The summed E-state index contributed by atoms with van der Waals surface area (Å²) in [5.74, 6) is 0.377. The van der Waals surface area contributed by atoms with Gasteiger partial charge in [0.05, 0.1) is 12.0 Å². The number of sulfonamides is 1. The minimum absolute atomic E-state index is 0.273. The molecular weight excluding hydrogens is 398 g/mol. The maximum absolute atomic E-state index is 12.8. The van der Waals surface area contributed by atoms with Gasteiger partial charge in [-0.2, -0.15) is 4.31 Å². The number of nitrogens with one attached hydrogen (secondary N) is 2. The summed E-state index contributed by atoms with van der Waals surface area (Å²) in [5.41, 5.74) is -0.596. The van der Waals surface area contributed by atoms with Crippen molar-refractivity contribution >= 4 is 27.8 Å². The average Bonchev–Trinajstić information content (AvgIpc) is 3.30. The third-order valence-electron chi connectivity index (χ3n) is 5.10.